The predicted octanol–water partition coefficient (Wildman–Crippen LogP) is 3.17. The van der Waals surface area contributed by atoms with Crippen LogP contribution in [0.15, 0.2) is 42.6 Å². The smallest absolute Gasteiger partial charge is 0.257 e. The number of ether oxygens (including phenoxy) is 1. The van der Waals surface area contributed by atoms with Crippen LogP contribution in [-0.4, -0.2) is 66.9 Å². The number of nitrogens with one attached hydrogen (secondary N) is 1. The molecule has 30 heavy (non-hydrogen) atoms. The number of anilines is 1. The first-order valence-corrected chi connectivity index (χ1v) is 10.4. The fourth-order valence-corrected chi connectivity index (χ4v) is 3.44. The molecule has 0 aliphatic carbocycles. The Morgan fingerprint density at radius 3 is 2.80 bits per heavy atom. The Morgan fingerprint density at radius 2 is 2.07 bits per heavy atom. The van der Waals surface area contributed by atoms with Crippen LogP contribution in [0, 0.1) is 5.92 Å². The average molecular weight is 431 g/mol. The van der Waals surface area contributed by atoms with E-state index in [0.29, 0.717) is 41.8 Å². The molecule has 1 aromatic heterocycles. The number of carbonyl (C=O) groups is 2. The van der Waals surface area contributed by atoms with Crippen LogP contribution >= 0.6 is 11.6 Å². The molecule has 1 N–H and O–H groups in total. The van der Waals surface area contributed by atoms with Crippen molar-refractivity contribution in [1.82, 2.24) is 14.8 Å². The summed E-state index contributed by atoms with van der Waals surface area (Å²) in [5.74, 6) is 0.478. The summed E-state index contributed by atoms with van der Waals surface area (Å²) < 4.78 is 5.84. The van der Waals surface area contributed by atoms with Gasteiger partial charge in [-0.1, -0.05) is 23.7 Å². The maximum atomic E-state index is 13.2. The third-order valence-electron chi connectivity index (χ3n) is 4.97. The molecule has 3 rings (SSSR count). The molecule has 1 aliphatic rings. The molecule has 0 radical (unpaired) electrons. The number of carbonyl (C=O) groups excluding carboxylic acids is 2. The molecule has 160 valence electrons. The van der Waals surface area contributed by atoms with Crippen molar-refractivity contribution in [2.24, 2.45) is 5.92 Å². The molecular formula is C22H27ClN4O3. The summed E-state index contributed by atoms with van der Waals surface area (Å²) in [6, 6.07) is 10.6. The fraction of sp³-hybridized carbons (Fsp3) is 0.409. The van der Waals surface area contributed by atoms with Gasteiger partial charge in [-0.15, -0.1) is 0 Å². The molecule has 2 heterocycles. The number of halogens is 1. The summed E-state index contributed by atoms with van der Waals surface area (Å²) in [7, 11) is 3.94. The molecule has 8 heteroatoms. The van der Waals surface area contributed by atoms with E-state index in [4.69, 9.17) is 16.3 Å². The number of hydrogen-bond acceptors (Lipinski definition) is 5. The van der Waals surface area contributed by atoms with Gasteiger partial charge < -0.3 is 19.9 Å². The molecular weight excluding hydrogens is 404 g/mol. The van der Waals surface area contributed by atoms with E-state index < -0.39 is 0 Å². The Morgan fingerprint density at radius 1 is 1.27 bits per heavy atom. The second-order valence-electron chi connectivity index (χ2n) is 7.59. The molecule has 1 unspecified atom stereocenters. The lowest BCUT2D eigenvalue weighted by Crippen LogP contribution is -2.44. The molecule has 1 aliphatic heterocycles. The molecule has 1 aromatic carbocycles. The van der Waals surface area contributed by atoms with Gasteiger partial charge in [0.05, 0.1) is 16.5 Å². The summed E-state index contributed by atoms with van der Waals surface area (Å²) in [6.45, 7) is 2.24. The van der Waals surface area contributed by atoms with Gasteiger partial charge in [-0.25, -0.2) is 4.98 Å². The van der Waals surface area contributed by atoms with Crippen molar-refractivity contribution in [3.63, 3.8) is 0 Å². The van der Waals surface area contributed by atoms with Gasteiger partial charge in [-0.05, 0) is 51.2 Å². The van der Waals surface area contributed by atoms with E-state index in [1.54, 1.807) is 23.1 Å². The first kappa shape index (κ1) is 22.1. The third kappa shape index (κ3) is 5.93. The lowest BCUT2D eigenvalue weighted by Gasteiger charge is -2.32. The highest BCUT2D eigenvalue weighted by Gasteiger charge is 2.30. The number of hydrogen-bond donors (Lipinski definition) is 1. The predicted molar refractivity (Wildman–Crippen MR) is 117 cm³/mol. The number of piperidine rings is 1. The van der Waals surface area contributed by atoms with Crippen LogP contribution in [0.25, 0.3) is 0 Å². The Balaban J connectivity index is 1.64. The Labute approximate surface area is 182 Å². The number of amides is 2. The monoisotopic (exact) mass is 430 g/mol. The molecule has 1 saturated heterocycles. The zero-order chi connectivity index (χ0) is 21.5. The Kier molecular flexibility index (Phi) is 7.65. The lowest BCUT2D eigenvalue weighted by molar-refractivity contribution is -0.121. The first-order chi connectivity index (χ1) is 14.4. The van der Waals surface area contributed by atoms with Gasteiger partial charge in [0, 0.05) is 25.8 Å². The largest absolute Gasteiger partial charge is 0.491 e. The van der Waals surface area contributed by atoms with Gasteiger partial charge in [-0.3, -0.25) is 9.59 Å². The number of likely N-dealkylation sites (N-methyl/N-ethyl adjacent to an activating group) is 1. The van der Waals surface area contributed by atoms with Crippen LogP contribution in [0.5, 0.6) is 5.75 Å². The average Bonchev–Trinajstić information content (AvgIpc) is 2.75. The van der Waals surface area contributed by atoms with Crippen molar-refractivity contribution in [2.75, 3.05) is 45.7 Å². The van der Waals surface area contributed by atoms with Crippen molar-refractivity contribution >= 4 is 29.2 Å². The van der Waals surface area contributed by atoms with E-state index >= 15 is 0 Å². The van der Waals surface area contributed by atoms with Crippen molar-refractivity contribution in [2.45, 2.75) is 12.8 Å². The minimum atomic E-state index is -0.290. The van der Waals surface area contributed by atoms with Crippen molar-refractivity contribution < 1.29 is 14.3 Å². The summed E-state index contributed by atoms with van der Waals surface area (Å²) in [4.78, 5) is 33.7. The topological polar surface area (TPSA) is 74.8 Å². The van der Waals surface area contributed by atoms with Crippen LogP contribution in [0.3, 0.4) is 0 Å². The highest BCUT2D eigenvalue weighted by molar-refractivity contribution is 6.30. The summed E-state index contributed by atoms with van der Waals surface area (Å²) in [5.41, 5.74) is 0.525. The minimum absolute atomic E-state index is 0.113. The van der Waals surface area contributed by atoms with Gasteiger partial charge >= 0.3 is 0 Å². The van der Waals surface area contributed by atoms with Crippen LogP contribution in [0.1, 0.15) is 23.2 Å². The second kappa shape index (κ2) is 10.4. The standard InChI is InChI=1S/C22H27ClN4O3/c1-26(2)12-13-30-19-8-4-3-7-18(19)22(29)27-11-5-6-16(15-27)21(28)25-20-10-9-17(23)14-24-20/h3-4,7-10,14,16H,5-6,11-13,15H2,1-2H3,(H,24,25,28). The van der Waals surface area contributed by atoms with Crippen molar-refractivity contribution in [1.29, 1.82) is 0 Å². The van der Waals surface area contributed by atoms with Crippen molar-refractivity contribution in [3.8, 4) is 5.75 Å². The quantitative estimate of drug-likeness (QED) is 0.730. The zero-order valence-corrected chi connectivity index (χ0v) is 18.1. The highest BCUT2D eigenvalue weighted by Crippen LogP contribution is 2.24. The normalized spacial score (nSPS) is 16.4. The van der Waals surface area contributed by atoms with E-state index in [1.165, 1.54) is 6.20 Å². The highest BCUT2D eigenvalue weighted by atomic mass is 35.5. The molecule has 0 bridgehead atoms. The Bertz CT molecular complexity index is 873. The minimum Gasteiger partial charge on any atom is -0.491 e. The van der Waals surface area contributed by atoms with Gasteiger partial charge in [0.1, 0.15) is 18.2 Å². The summed E-state index contributed by atoms with van der Waals surface area (Å²) >= 11 is 5.84. The molecule has 1 fully saturated rings. The van der Waals surface area contributed by atoms with E-state index in [-0.39, 0.29) is 17.7 Å². The molecule has 7 nitrogen and oxygen atoms in total. The number of para-hydroxylation sites is 1. The lowest BCUT2D eigenvalue weighted by atomic mass is 9.96. The third-order valence-corrected chi connectivity index (χ3v) is 5.20. The van der Waals surface area contributed by atoms with Crippen LogP contribution in [0.4, 0.5) is 5.82 Å². The SMILES string of the molecule is CN(C)CCOc1ccccc1C(=O)N1CCCC(C(=O)Nc2ccc(Cl)cn2)C1. The first-order valence-electron chi connectivity index (χ1n) is 10.0. The Hall–Kier alpha value is -2.64. The van der Waals surface area contributed by atoms with Crippen molar-refractivity contribution in [3.05, 3.63) is 53.2 Å². The van der Waals surface area contributed by atoms with Crippen LogP contribution in [-0.2, 0) is 4.79 Å². The number of likely N-dealkylation sites (tertiary alicyclic amines) is 1. The molecule has 0 saturated carbocycles. The van der Waals surface area contributed by atoms with Gasteiger partial charge in [0.25, 0.3) is 5.91 Å². The summed E-state index contributed by atoms with van der Waals surface area (Å²) in [5, 5.41) is 3.32. The second-order valence-corrected chi connectivity index (χ2v) is 8.03. The number of nitrogens with zero attached hydrogens (tertiary/aromatic N) is 3. The number of aromatic nitrogens is 1. The number of rotatable bonds is 7. The maximum absolute atomic E-state index is 13.2. The molecule has 1 atom stereocenters. The number of pyridine rings is 1. The van der Waals surface area contributed by atoms with E-state index in [0.717, 1.165) is 19.4 Å². The van der Waals surface area contributed by atoms with E-state index in [1.807, 2.05) is 37.2 Å². The maximum Gasteiger partial charge on any atom is 0.257 e. The van der Waals surface area contributed by atoms with Gasteiger partial charge in [0.15, 0.2) is 0 Å². The fourth-order valence-electron chi connectivity index (χ4n) is 3.33. The molecule has 2 aromatic rings. The van der Waals surface area contributed by atoms with E-state index in [9.17, 15) is 9.59 Å². The van der Waals surface area contributed by atoms with Crippen LogP contribution < -0.4 is 10.1 Å². The van der Waals surface area contributed by atoms with Gasteiger partial charge in [-0.2, -0.15) is 0 Å². The number of benzene rings is 1. The van der Waals surface area contributed by atoms with Gasteiger partial charge in [0.2, 0.25) is 5.91 Å². The molecule has 2 amide bonds. The zero-order valence-electron chi connectivity index (χ0n) is 17.3. The van der Waals surface area contributed by atoms with E-state index in [2.05, 4.69) is 10.3 Å². The summed E-state index contributed by atoms with van der Waals surface area (Å²) in [6.07, 6.45) is 2.98. The molecule has 0 spiro atoms. The van der Waals surface area contributed by atoms with Crippen LogP contribution in [0.2, 0.25) is 5.02 Å².